The van der Waals surface area contributed by atoms with Gasteiger partial charge in [-0.2, -0.15) is 0 Å². The number of aliphatic hydroxyl groups excluding tert-OH is 1. The third kappa shape index (κ3) is 5.47. The Labute approximate surface area is 97.8 Å². The zero-order chi connectivity index (χ0) is 11.8. The van der Waals surface area contributed by atoms with Crippen LogP contribution in [-0.4, -0.2) is 36.8 Å². The quantitative estimate of drug-likeness (QED) is 0.585. The maximum absolute atomic E-state index is 11.4. The molecule has 4 heteroatoms. The van der Waals surface area contributed by atoms with E-state index in [1.807, 2.05) is 6.92 Å². The summed E-state index contributed by atoms with van der Waals surface area (Å²) in [6.07, 6.45) is 4.29. The van der Waals surface area contributed by atoms with Crippen LogP contribution in [0.5, 0.6) is 0 Å². The van der Waals surface area contributed by atoms with Crippen molar-refractivity contribution < 1.29 is 9.90 Å². The van der Waals surface area contributed by atoms with Gasteiger partial charge in [-0.25, -0.2) is 0 Å². The topological polar surface area (TPSA) is 61.4 Å². The van der Waals surface area contributed by atoms with Crippen molar-refractivity contribution in [2.45, 2.75) is 45.1 Å². The van der Waals surface area contributed by atoms with Crippen molar-refractivity contribution in [2.75, 3.05) is 19.6 Å². The lowest BCUT2D eigenvalue weighted by Gasteiger charge is -2.25. The van der Waals surface area contributed by atoms with Gasteiger partial charge in [0.05, 0.1) is 6.10 Å². The predicted molar refractivity (Wildman–Crippen MR) is 64.1 cm³/mol. The number of rotatable bonds is 6. The summed E-state index contributed by atoms with van der Waals surface area (Å²) in [7, 11) is 0. The van der Waals surface area contributed by atoms with E-state index >= 15 is 0 Å². The first kappa shape index (κ1) is 13.5. The number of hydrogen-bond acceptors (Lipinski definition) is 3. The molecular formula is C12H24N2O2. The van der Waals surface area contributed by atoms with Gasteiger partial charge in [0.2, 0.25) is 5.91 Å². The summed E-state index contributed by atoms with van der Waals surface area (Å²) in [5, 5.41) is 15.4. The molecule has 1 fully saturated rings. The van der Waals surface area contributed by atoms with Crippen LogP contribution in [0.3, 0.4) is 0 Å². The van der Waals surface area contributed by atoms with Gasteiger partial charge in [0, 0.05) is 19.5 Å². The average Bonchev–Trinajstić information content (AvgIpc) is 2.29. The molecule has 1 rings (SSSR count). The van der Waals surface area contributed by atoms with E-state index in [0.717, 1.165) is 45.3 Å². The Kier molecular flexibility index (Phi) is 6.42. The fourth-order valence-electron chi connectivity index (χ4n) is 2.07. The number of aliphatic hydroxyl groups is 1. The van der Waals surface area contributed by atoms with E-state index in [4.69, 9.17) is 0 Å². The molecule has 0 aliphatic heterocycles. The fourth-order valence-corrected chi connectivity index (χ4v) is 2.07. The molecule has 4 nitrogen and oxygen atoms in total. The number of amides is 1. The van der Waals surface area contributed by atoms with Gasteiger partial charge in [-0.05, 0) is 38.1 Å². The lowest BCUT2D eigenvalue weighted by atomic mass is 9.87. The number of hydrogen-bond donors (Lipinski definition) is 3. The largest absolute Gasteiger partial charge is 0.393 e. The van der Waals surface area contributed by atoms with E-state index in [1.54, 1.807) is 0 Å². The molecule has 1 aliphatic rings. The van der Waals surface area contributed by atoms with Gasteiger partial charge < -0.3 is 15.7 Å². The molecule has 0 aromatic carbocycles. The number of carbonyl (C=O) groups is 1. The smallest absolute Gasteiger partial charge is 0.221 e. The maximum Gasteiger partial charge on any atom is 0.221 e. The van der Waals surface area contributed by atoms with Crippen LogP contribution in [0.15, 0.2) is 0 Å². The second kappa shape index (κ2) is 7.63. The Balaban J connectivity index is 2.03. The van der Waals surface area contributed by atoms with E-state index in [9.17, 15) is 9.90 Å². The summed E-state index contributed by atoms with van der Waals surface area (Å²) >= 11 is 0. The lowest BCUT2D eigenvalue weighted by Crippen LogP contribution is -2.33. The highest BCUT2D eigenvalue weighted by molar-refractivity contribution is 5.76. The molecule has 0 saturated heterocycles. The molecule has 16 heavy (non-hydrogen) atoms. The Morgan fingerprint density at radius 3 is 2.62 bits per heavy atom. The van der Waals surface area contributed by atoms with Crippen LogP contribution in [0.25, 0.3) is 0 Å². The van der Waals surface area contributed by atoms with Crippen molar-refractivity contribution >= 4 is 5.91 Å². The van der Waals surface area contributed by atoms with Crippen molar-refractivity contribution in [3.63, 3.8) is 0 Å². The van der Waals surface area contributed by atoms with Gasteiger partial charge in [-0.15, -0.1) is 0 Å². The predicted octanol–water partition coefficient (Wildman–Crippen LogP) is 0.653. The van der Waals surface area contributed by atoms with Crippen LogP contribution in [0.4, 0.5) is 0 Å². The molecule has 94 valence electrons. The van der Waals surface area contributed by atoms with E-state index in [2.05, 4.69) is 10.6 Å². The van der Waals surface area contributed by atoms with Gasteiger partial charge in [0.1, 0.15) is 0 Å². The summed E-state index contributed by atoms with van der Waals surface area (Å²) < 4.78 is 0. The van der Waals surface area contributed by atoms with Gasteiger partial charge in [-0.3, -0.25) is 4.79 Å². The Morgan fingerprint density at radius 2 is 2.00 bits per heavy atom. The van der Waals surface area contributed by atoms with Gasteiger partial charge >= 0.3 is 0 Å². The van der Waals surface area contributed by atoms with Gasteiger partial charge in [-0.1, -0.05) is 6.92 Å². The lowest BCUT2D eigenvalue weighted by molar-refractivity contribution is -0.121. The third-order valence-corrected chi connectivity index (χ3v) is 3.18. The monoisotopic (exact) mass is 228 g/mol. The molecule has 0 heterocycles. The summed E-state index contributed by atoms with van der Waals surface area (Å²) in [5.41, 5.74) is 0. The molecule has 1 aliphatic carbocycles. The highest BCUT2D eigenvalue weighted by atomic mass is 16.3. The number of nitrogens with one attached hydrogen (secondary N) is 2. The van der Waals surface area contributed by atoms with Crippen LogP contribution >= 0.6 is 0 Å². The minimum absolute atomic E-state index is 0.110. The van der Waals surface area contributed by atoms with E-state index in [0.29, 0.717) is 12.3 Å². The van der Waals surface area contributed by atoms with Crippen LogP contribution in [0, 0.1) is 5.92 Å². The zero-order valence-corrected chi connectivity index (χ0v) is 10.2. The highest BCUT2D eigenvalue weighted by Gasteiger charge is 2.19. The molecule has 0 aromatic rings. The summed E-state index contributed by atoms with van der Waals surface area (Å²) in [5.74, 6) is 0.693. The molecule has 1 saturated carbocycles. The molecule has 0 atom stereocenters. The average molecular weight is 228 g/mol. The molecular weight excluding hydrogens is 204 g/mol. The standard InChI is InChI=1S/C12H24N2O2/c1-2-13-8-7-12(16)14-9-10-3-5-11(15)6-4-10/h10-11,13,15H,2-9H2,1H3,(H,14,16). The summed E-state index contributed by atoms with van der Waals surface area (Å²) in [4.78, 5) is 11.4. The van der Waals surface area contributed by atoms with E-state index in [1.165, 1.54) is 0 Å². The first-order chi connectivity index (χ1) is 7.72. The fraction of sp³-hybridized carbons (Fsp3) is 0.917. The minimum Gasteiger partial charge on any atom is -0.393 e. The maximum atomic E-state index is 11.4. The summed E-state index contributed by atoms with van der Waals surface area (Å²) in [6.45, 7) is 4.47. The number of carbonyl (C=O) groups excluding carboxylic acids is 1. The van der Waals surface area contributed by atoms with Crippen LogP contribution < -0.4 is 10.6 Å². The SMILES string of the molecule is CCNCCC(=O)NCC1CCC(O)CC1. The van der Waals surface area contributed by atoms with Crippen molar-refractivity contribution in [3.05, 3.63) is 0 Å². The van der Waals surface area contributed by atoms with Crippen LogP contribution in [0.2, 0.25) is 0 Å². The Bertz CT molecular complexity index is 201. The second-order valence-corrected chi connectivity index (χ2v) is 4.58. The Hall–Kier alpha value is -0.610. The molecule has 0 aromatic heterocycles. The second-order valence-electron chi connectivity index (χ2n) is 4.58. The van der Waals surface area contributed by atoms with Crippen LogP contribution in [-0.2, 0) is 4.79 Å². The molecule has 0 spiro atoms. The Morgan fingerprint density at radius 1 is 1.31 bits per heavy atom. The summed E-state index contributed by atoms with van der Waals surface area (Å²) in [6, 6.07) is 0. The van der Waals surface area contributed by atoms with Crippen molar-refractivity contribution in [3.8, 4) is 0 Å². The highest BCUT2D eigenvalue weighted by Crippen LogP contribution is 2.23. The first-order valence-electron chi connectivity index (χ1n) is 6.37. The minimum atomic E-state index is -0.110. The van der Waals surface area contributed by atoms with Gasteiger partial charge in [0.15, 0.2) is 0 Å². The van der Waals surface area contributed by atoms with Crippen molar-refractivity contribution in [1.82, 2.24) is 10.6 Å². The normalized spacial score (nSPS) is 25.4. The van der Waals surface area contributed by atoms with E-state index < -0.39 is 0 Å². The van der Waals surface area contributed by atoms with Crippen molar-refractivity contribution in [2.24, 2.45) is 5.92 Å². The first-order valence-corrected chi connectivity index (χ1v) is 6.37. The van der Waals surface area contributed by atoms with Crippen LogP contribution in [0.1, 0.15) is 39.0 Å². The van der Waals surface area contributed by atoms with Crippen molar-refractivity contribution in [1.29, 1.82) is 0 Å². The van der Waals surface area contributed by atoms with E-state index in [-0.39, 0.29) is 12.0 Å². The molecule has 0 unspecified atom stereocenters. The third-order valence-electron chi connectivity index (χ3n) is 3.18. The zero-order valence-electron chi connectivity index (χ0n) is 10.2. The molecule has 0 radical (unpaired) electrons. The van der Waals surface area contributed by atoms with Gasteiger partial charge in [0.25, 0.3) is 0 Å². The molecule has 1 amide bonds. The molecule has 0 bridgehead atoms. The molecule has 3 N–H and O–H groups in total.